The molecule has 0 aromatic heterocycles. The summed E-state index contributed by atoms with van der Waals surface area (Å²) in [6.07, 6.45) is 2.62. The van der Waals surface area contributed by atoms with Crippen molar-refractivity contribution in [2.24, 2.45) is 5.41 Å². The van der Waals surface area contributed by atoms with Gasteiger partial charge in [-0.3, -0.25) is 0 Å². The highest BCUT2D eigenvalue weighted by molar-refractivity contribution is 6.11. The summed E-state index contributed by atoms with van der Waals surface area (Å²) in [4.78, 5) is 0. The molecule has 0 saturated carbocycles. The van der Waals surface area contributed by atoms with E-state index in [0.717, 1.165) is 12.8 Å². The standard InChI is InChI=1S/C12H27BO2/c1-7-10(14-6)8-9(2)15-11(13)12(3,4)5/h9-11H,7-8,13H2,1-6H3. The average molecular weight is 214 g/mol. The molecule has 3 heteroatoms. The van der Waals surface area contributed by atoms with E-state index in [1.165, 1.54) is 0 Å². The van der Waals surface area contributed by atoms with E-state index in [0.29, 0.717) is 6.10 Å². The molecule has 0 aromatic carbocycles. The monoisotopic (exact) mass is 214 g/mol. The van der Waals surface area contributed by atoms with Gasteiger partial charge < -0.3 is 9.47 Å². The maximum absolute atomic E-state index is 5.97. The van der Waals surface area contributed by atoms with E-state index < -0.39 is 0 Å². The summed E-state index contributed by atoms with van der Waals surface area (Å²) >= 11 is 0. The topological polar surface area (TPSA) is 18.5 Å². The SMILES string of the molecule is BC(OC(C)CC(CC)OC)C(C)(C)C. The molecule has 0 rings (SSSR count). The minimum absolute atomic E-state index is 0.211. The number of hydrogen-bond donors (Lipinski definition) is 0. The van der Waals surface area contributed by atoms with Crippen LogP contribution in [-0.2, 0) is 9.47 Å². The molecular weight excluding hydrogens is 187 g/mol. The summed E-state index contributed by atoms with van der Waals surface area (Å²) in [6, 6.07) is 0.280. The maximum atomic E-state index is 5.97. The second-order valence-corrected chi connectivity index (χ2v) is 5.46. The quantitative estimate of drug-likeness (QED) is 0.631. The van der Waals surface area contributed by atoms with Gasteiger partial charge in [0, 0.05) is 13.1 Å². The first-order valence-corrected chi connectivity index (χ1v) is 5.99. The summed E-state index contributed by atoms with van der Waals surface area (Å²) in [5.41, 5.74) is 0.211. The zero-order chi connectivity index (χ0) is 12.1. The lowest BCUT2D eigenvalue weighted by molar-refractivity contribution is -0.0393. The van der Waals surface area contributed by atoms with Crippen LogP contribution < -0.4 is 0 Å². The molecule has 0 aliphatic heterocycles. The van der Waals surface area contributed by atoms with Crippen molar-refractivity contribution in [2.75, 3.05) is 7.11 Å². The van der Waals surface area contributed by atoms with E-state index in [1.54, 1.807) is 7.11 Å². The van der Waals surface area contributed by atoms with Crippen LogP contribution in [-0.4, -0.2) is 33.2 Å². The second-order valence-electron chi connectivity index (χ2n) is 5.46. The van der Waals surface area contributed by atoms with Crippen molar-refractivity contribution in [1.29, 1.82) is 0 Å². The molecule has 0 saturated heterocycles. The fraction of sp³-hybridized carbons (Fsp3) is 1.00. The first kappa shape index (κ1) is 15.0. The summed E-state index contributed by atoms with van der Waals surface area (Å²) in [7, 11) is 3.92. The summed E-state index contributed by atoms with van der Waals surface area (Å²) < 4.78 is 11.3. The fourth-order valence-corrected chi connectivity index (χ4v) is 1.41. The van der Waals surface area contributed by atoms with Gasteiger partial charge in [0.2, 0.25) is 0 Å². The molecule has 0 radical (unpaired) electrons. The summed E-state index contributed by atoms with van der Waals surface area (Å²) in [5.74, 6) is 0. The number of hydrogen-bond acceptors (Lipinski definition) is 2. The number of ether oxygens (including phenoxy) is 2. The highest BCUT2D eigenvalue weighted by Crippen LogP contribution is 2.22. The highest BCUT2D eigenvalue weighted by Gasteiger charge is 2.23. The molecular formula is C12H27BO2. The predicted molar refractivity (Wildman–Crippen MR) is 68.0 cm³/mol. The van der Waals surface area contributed by atoms with Crippen LogP contribution in [0.3, 0.4) is 0 Å². The third-order valence-electron chi connectivity index (χ3n) is 3.04. The fourth-order valence-electron chi connectivity index (χ4n) is 1.41. The average Bonchev–Trinajstić information content (AvgIpc) is 2.12. The molecule has 0 fully saturated rings. The first-order chi connectivity index (χ1) is 6.81. The Kier molecular flexibility index (Phi) is 6.54. The van der Waals surface area contributed by atoms with Crippen LogP contribution >= 0.6 is 0 Å². The van der Waals surface area contributed by atoms with Crippen LogP contribution in [0.1, 0.15) is 47.5 Å². The van der Waals surface area contributed by atoms with Gasteiger partial charge in [0.15, 0.2) is 0 Å². The van der Waals surface area contributed by atoms with Crippen molar-refractivity contribution >= 4 is 7.85 Å². The van der Waals surface area contributed by atoms with Gasteiger partial charge >= 0.3 is 0 Å². The van der Waals surface area contributed by atoms with E-state index >= 15 is 0 Å². The molecule has 0 aliphatic rings. The lowest BCUT2D eigenvalue weighted by Crippen LogP contribution is -2.34. The Morgan fingerprint density at radius 1 is 1.27 bits per heavy atom. The van der Waals surface area contributed by atoms with E-state index in [-0.39, 0.29) is 17.5 Å². The highest BCUT2D eigenvalue weighted by atomic mass is 16.5. The lowest BCUT2D eigenvalue weighted by Gasteiger charge is -2.31. The van der Waals surface area contributed by atoms with Gasteiger partial charge in [0.05, 0.1) is 12.2 Å². The number of rotatable bonds is 6. The van der Waals surface area contributed by atoms with Crippen LogP contribution in [0.4, 0.5) is 0 Å². The number of methoxy groups -OCH3 is 1. The molecule has 0 spiro atoms. The molecule has 2 nitrogen and oxygen atoms in total. The third-order valence-corrected chi connectivity index (χ3v) is 3.04. The molecule has 0 N–H and O–H groups in total. The largest absolute Gasteiger partial charge is 0.384 e. The molecule has 0 amide bonds. The van der Waals surface area contributed by atoms with Crippen molar-refractivity contribution < 1.29 is 9.47 Å². The Bertz CT molecular complexity index is 161. The molecule has 0 bridgehead atoms. The molecule has 3 atom stereocenters. The minimum atomic E-state index is 0.211. The van der Waals surface area contributed by atoms with Gasteiger partial charge in [0.25, 0.3) is 0 Å². The molecule has 0 aliphatic carbocycles. The minimum Gasteiger partial charge on any atom is -0.384 e. The molecule has 15 heavy (non-hydrogen) atoms. The van der Waals surface area contributed by atoms with Gasteiger partial charge in [-0.2, -0.15) is 0 Å². The van der Waals surface area contributed by atoms with Crippen molar-refractivity contribution in [2.45, 2.75) is 65.7 Å². The van der Waals surface area contributed by atoms with Crippen molar-refractivity contribution in [1.82, 2.24) is 0 Å². The zero-order valence-corrected chi connectivity index (χ0v) is 11.5. The van der Waals surface area contributed by atoms with Gasteiger partial charge in [0.1, 0.15) is 7.85 Å². The van der Waals surface area contributed by atoms with E-state index in [4.69, 9.17) is 9.47 Å². The van der Waals surface area contributed by atoms with Crippen LogP contribution in [0, 0.1) is 5.41 Å². The van der Waals surface area contributed by atoms with Crippen LogP contribution in [0.2, 0.25) is 0 Å². The van der Waals surface area contributed by atoms with Gasteiger partial charge in [-0.1, -0.05) is 27.7 Å². The van der Waals surface area contributed by atoms with E-state index in [1.807, 2.05) is 0 Å². The van der Waals surface area contributed by atoms with Crippen LogP contribution in [0.15, 0.2) is 0 Å². The Hall–Kier alpha value is -0.0151. The zero-order valence-electron chi connectivity index (χ0n) is 11.5. The van der Waals surface area contributed by atoms with Crippen molar-refractivity contribution in [3.8, 4) is 0 Å². The van der Waals surface area contributed by atoms with Crippen molar-refractivity contribution in [3.63, 3.8) is 0 Å². The van der Waals surface area contributed by atoms with Crippen LogP contribution in [0.5, 0.6) is 0 Å². The Morgan fingerprint density at radius 2 is 1.80 bits per heavy atom. The van der Waals surface area contributed by atoms with Gasteiger partial charge in [-0.25, -0.2) is 0 Å². The van der Waals surface area contributed by atoms with Gasteiger partial charge in [-0.05, 0) is 25.2 Å². The Labute approximate surface area is 96.1 Å². The summed E-state index contributed by atoms with van der Waals surface area (Å²) in [6.45, 7) is 10.9. The molecule has 0 heterocycles. The van der Waals surface area contributed by atoms with Crippen molar-refractivity contribution in [3.05, 3.63) is 0 Å². The molecule has 90 valence electrons. The second kappa shape index (κ2) is 6.54. The van der Waals surface area contributed by atoms with Crippen LogP contribution in [0.25, 0.3) is 0 Å². The lowest BCUT2D eigenvalue weighted by atomic mass is 9.77. The summed E-state index contributed by atoms with van der Waals surface area (Å²) in [5, 5.41) is 0. The maximum Gasteiger partial charge on any atom is 0.139 e. The molecule has 0 aromatic rings. The molecule has 3 unspecified atom stereocenters. The normalized spacial score (nSPS) is 18.5. The van der Waals surface area contributed by atoms with E-state index in [2.05, 4.69) is 42.5 Å². The smallest absolute Gasteiger partial charge is 0.139 e. The van der Waals surface area contributed by atoms with E-state index in [9.17, 15) is 0 Å². The predicted octanol–water partition coefficient (Wildman–Crippen LogP) is 2.21. The Morgan fingerprint density at radius 3 is 2.13 bits per heavy atom. The van der Waals surface area contributed by atoms with Gasteiger partial charge in [-0.15, -0.1) is 0 Å². The first-order valence-electron chi connectivity index (χ1n) is 5.99. The Balaban J connectivity index is 3.97. The third kappa shape index (κ3) is 6.21.